The molecule has 2 heterocycles. The van der Waals surface area contributed by atoms with Crippen LogP contribution in [0.3, 0.4) is 0 Å². The highest BCUT2D eigenvalue weighted by atomic mass is 32.1. The van der Waals surface area contributed by atoms with Crippen LogP contribution in [0.4, 0.5) is 11.4 Å². The van der Waals surface area contributed by atoms with Gasteiger partial charge in [-0.2, -0.15) is 0 Å². The monoisotopic (exact) mass is 486 g/mol. The summed E-state index contributed by atoms with van der Waals surface area (Å²) in [6.07, 6.45) is 4.40. The number of para-hydroxylation sites is 1. The molecule has 0 spiro atoms. The number of hydrogen-bond donors (Lipinski definition) is 2. The van der Waals surface area contributed by atoms with E-state index in [0.717, 1.165) is 12.8 Å². The number of rotatable bonds is 5. The largest absolute Gasteiger partial charge is 0.321 e. The molecule has 4 aromatic rings. The summed E-state index contributed by atoms with van der Waals surface area (Å²) < 4.78 is 3.23. The molecular formula is C27H26N4O3S. The lowest BCUT2D eigenvalue weighted by Crippen LogP contribution is -2.23. The molecule has 178 valence electrons. The van der Waals surface area contributed by atoms with Crippen LogP contribution in [-0.4, -0.2) is 21.2 Å². The highest BCUT2D eigenvalue weighted by Crippen LogP contribution is 2.30. The van der Waals surface area contributed by atoms with E-state index in [0.29, 0.717) is 27.5 Å². The third-order valence-electron chi connectivity index (χ3n) is 6.40. The number of aryl methyl sites for hydroxylation is 2. The predicted octanol–water partition coefficient (Wildman–Crippen LogP) is 4.93. The summed E-state index contributed by atoms with van der Waals surface area (Å²) in [5.74, 6) is -0.592. The minimum atomic E-state index is -0.418. The zero-order valence-electron chi connectivity index (χ0n) is 19.6. The lowest BCUT2D eigenvalue weighted by molar-refractivity contribution is 0.101. The zero-order chi connectivity index (χ0) is 24.5. The van der Waals surface area contributed by atoms with E-state index in [4.69, 9.17) is 0 Å². The van der Waals surface area contributed by atoms with E-state index in [2.05, 4.69) is 10.6 Å². The quantitative estimate of drug-likeness (QED) is 0.420. The molecule has 2 aromatic heterocycles. The van der Waals surface area contributed by atoms with Crippen molar-refractivity contribution >= 4 is 34.5 Å². The number of amides is 2. The van der Waals surface area contributed by atoms with Crippen LogP contribution in [-0.2, 0) is 19.9 Å². The Morgan fingerprint density at radius 1 is 0.914 bits per heavy atom. The van der Waals surface area contributed by atoms with E-state index in [1.54, 1.807) is 54.3 Å². The average Bonchev–Trinajstić information content (AvgIpc) is 3.40. The van der Waals surface area contributed by atoms with Crippen molar-refractivity contribution in [3.8, 4) is 5.69 Å². The molecule has 0 aliphatic heterocycles. The lowest BCUT2D eigenvalue weighted by Gasteiger charge is -2.08. The summed E-state index contributed by atoms with van der Waals surface area (Å²) in [5, 5.41) is 5.67. The SMILES string of the molecule is Cc1c(NC(=O)c2cccc(NC(=O)c3cc4c(s3)CCCC4)c2)c(=O)n(-c2ccccc2)n1C. The molecule has 0 saturated heterocycles. The normalized spacial score (nSPS) is 12.7. The van der Waals surface area contributed by atoms with Crippen LogP contribution in [0.5, 0.6) is 0 Å². The van der Waals surface area contributed by atoms with Crippen LogP contribution in [0.1, 0.15) is 49.0 Å². The Morgan fingerprint density at radius 2 is 1.69 bits per heavy atom. The van der Waals surface area contributed by atoms with E-state index in [1.807, 2.05) is 36.4 Å². The molecular weight excluding hydrogens is 460 g/mol. The Bertz CT molecular complexity index is 1460. The van der Waals surface area contributed by atoms with Crippen molar-refractivity contribution in [2.75, 3.05) is 10.6 Å². The molecule has 2 N–H and O–H groups in total. The fourth-order valence-electron chi connectivity index (χ4n) is 4.43. The maximum atomic E-state index is 13.1. The van der Waals surface area contributed by atoms with Gasteiger partial charge in [0.25, 0.3) is 17.4 Å². The number of nitrogens with one attached hydrogen (secondary N) is 2. The number of nitrogens with zero attached hydrogens (tertiary/aromatic N) is 2. The van der Waals surface area contributed by atoms with Crippen molar-refractivity contribution in [2.24, 2.45) is 7.05 Å². The Balaban J connectivity index is 1.35. The molecule has 0 unspecified atom stereocenters. The van der Waals surface area contributed by atoms with Gasteiger partial charge in [-0.1, -0.05) is 24.3 Å². The number of hydrogen-bond acceptors (Lipinski definition) is 4. The molecule has 35 heavy (non-hydrogen) atoms. The number of fused-ring (bicyclic) bond motifs is 1. The minimum Gasteiger partial charge on any atom is -0.321 e. The van der Waals surface area contributed by atoms with Gasteiger partial charge in [-0.25, -0.2) is 4.68 Å². The second kappa shape index (κ2) is 9.38. The molecule has 8 heteroatoms. The number of thiophene rings is 1. The van der Waals surface area contributed by atoms with Crippen molar-refractivity contribution in [3.05, 3.63) is 97.6 Å². The van der Waals surface area contributed by atoms with Gasteiger partial charge in [0.05, 0.1) is 16.3 Å². The van der Waals surface area contributed by atoms with Gasteiger partial charge in [0.1, 0.15) is 5.69 Å². The molecule has 2 amide bonds. The first-order valence-electron chi connectivity index (χ1n) is 11.6. The molecule has 2 aromatic carbocycles. The van der Waals surface area contributed by atoms with Gasteiger partial charge < -0.3 is 10.6 Å². The fraction of sp³-hybridized carbons (Fsp3) is 0.222. The van der Waals surface area contributed by atoms with E-state index < -0.39 is 5.91 Å². The summed E-state index contributed by atoms with van der Waals surface area (Å²) >= 11 is 1.55. The zero-order valence-corrected chi connectivity index (χ0v) is 20.4. The van der Waals surface area contributed by atoms with Crippen LogP contribution < -0.4 is 16.2 Å². The van der Waals surface area contributed by atoms with Crippen molar-refractivity contribution in [1.82, 2.24) is 9.36 Å². The smallest absolute Gasteiger partial charge is 0.295 e. The summed E-state index contributed by atoms with van der Waals surface area (Å²) in [6, 6.07) is 18.0. The van der Waals surface area contributed by atoms with Crippen molar-refractivity contribution in [2.45, 2.75) is 32.6 Å². The van der Waals surface area contributed by atoms with E-state index in [1.165, 1.54) is 28.0 Å². The maximum Gasteiger partial charge on any atom is 0.295 e. The van der Waals surface area contributed by atoms with Gasteiger partial charge in [-0.3, -0.25) is 19.1 Å². The first-order valence-corrected chi connectivity index (χ1v) is 12.4. The molecule has 0 radical (unpaired) electrons. The first kappa shape index (κ1) is 22.9. The van der Waals surface area contributed by atoms with Gasteiger partial charge in [-0.05, 0) is 74.6 Å². The molecule has 7 nitrogen and oxygen atoms in total. The third-order valence-corrected chi connectivity index (χ3v) is 7.63. The van der Waals surface area contributed by atoms with Gasteiger partial charge >= 0.3 is 0 Å². The Hall–Kier alpha value is -3.91. The van der Waals surface area contributed by atoms with Gasteiger partial charge in [0.2, 0.25) is 0 Å². The maximum absolute atomic E-state index is 13.1. The van der Waals surface area contributed by atoms with Gasteiger partial charge in [0.15, 0.2) is 0 Å². The summed E-state index contributed by atoms with van der Waals surface area (Å²) in [7, 11) is 1.78. The molecule has 0 saturated carbocycles. The second-order valence-corrected chi connectivity index (χ2v) is 9.83. The van der Waals surface area contributed by atoms with Crippen LogP contribution in [0.15, 0.2) is 65.5 Å². The third kappa shape index (κ3) is 4.44. The van der Waals surface area contributed by atoms with Crippen molar-refractivity contribution < 1.29 is 9.59 Å². The second-order valence-electron chi connectivity index (χ2n) is 8.69. The molecule has 0 bridgehead atoms. The average molecular weight is 487 g/mol. The van der Waals surface area contributed by atoms with Crippen LogP contribution in [0, 0.1) is 6.92 Å². The summed E-state index contributed by atoms with van der Waals surface area (Å²) in [5.41, 5.74) is 3.42. The van der Waals surface area contributed by atoms with Crippen molar-refractivity contribution in [1.29, 1.82) is 0 Å². The Morgan fingerprint density at radius 3 is 2.46 bits per heavy atom. The highest BCUT2D eigenvalue weighted by Gasteiger charge is 2.20. The van der Waals surface area contributed by atoms with Gasteiger partial charge in [0, 0.05) is 23.2 Å². The number of carbonyl (C=O) groups is 2. The van der Waals surface area contributed by atoms with Crippen LogP contribution >= 0.6 is 11.3 Å². The molecule has 0 fully saturated rings. The Kier molecular flexibility index (Phi) is 6.13. The number of carbonyl (C=O) groups excluding carboxylic acids is 2. The van der Waals surface area contributed by atoms with Gasteiger partial charge in [-0.15, -0.1) is 11.3 Å². The number of anilines is 2. The molecule has 1 aliphatic rings. The van der Waals surface area contributed by atoms with E-state index >= 15 is 0 Å². The lowest BCUT2D eigenvalue weighted by atomic mass is 9.99. The fourth-order valence-corrected chi connectivity index (χ4v) is 5.58. The highest BCUT2D eigenvalue weighted by molar-refractivity contribution is 7.14. The Labute approximate surface area is 207 Å². The number of benzene rings is 2. The predicted molar refractivity (Wildman–Crippen MR) is 139 cm³/mol. The molecule has 0 atom stereocenters. The topological polar surface area (TPSA) is 85.1 Å². The minimum absolute atomic E-state index is 0.174. The van der Waals surface area contributed by atoms with E-state index in [9.17, 15) is 14.4 Å². The molecule has 1 aliphatic carbocycles. The standard InChI is InChI=1S/C27H26N4O3S/c1-17-24(27(34)31(30(17)2)21-12-4-3-5-13-21)29-25(32)19-10-8-11-20(15-19)28-26(33)23-16-18-9-6-7-14-22(18)35-23/h3-5,8,10-13,15-16H,6-7,9,14H2,1-2H3,(H,28,33)(H,29,32). The first-order chi connectivity index (χ1) is 16.9. The van der Waals surface area contributed by atoms with E-state index in [-0.39, 0.29) is 17.2 Å². The van der Waals surface area contributed by atoms with Crippen molar-refractivity contribution in [3.63, 3.8) is 0 Å². The summed E-state index contributed by atoms with van der Waals surface area (Å²) in [6.45, 7) is 1.79. The van der Waals surface area contributed by atoms with Crippen LogP contribution in [0.2, 0.25) is 0 Å². The summed E-state index contributed by atoms with van der Waals surface area (Å²) in [4.78, 5) is 40.9. The molecule has 5 rings (SSSR count). The number of aromatic nitrogens is 2. The van der Waals surface area contributed by atoms with Crippen LogP contribution in [0.25, 0.3) is 5.69 Å².